The molecule has 0 fully saturated rings. The van der Waals surface area contributed by atoms with Crippen LogP contribution in [-0.4, -0.2) is 28.8 Å². The summed E-state index contributed by atoms with van der Waals surface area (Å²) in [4.78, 5) is 26.9. The van der Waals surface area contributed by atoms with Crippen LogP contribution in [0.5, 0.6) is 0 Å². The minimum atomic E-state index is -4.22. The second-order valence-electron chi connectivity index (χ2n) is 5.70. The second kappa shape index (κ2) is 7.41. The third kappa shape index (κ3) is 3.73. The molecule has 3 rings (SSSR count). The number of nitro groups is 1. The molecule has 144 valence electrons. The van der Waals surface area contributed by atoms with E-state index in [0.717, 1.165) is 0 Å². The summed E-state index contributed by atoms with van der Waals surface area (Å²) in [6, 6.07) is 11.6. The molecular formula is C17H13ClN4O5S. The van der Waals surface area contributed by atoms with Gasteiger partial charge in [0.25, 0.3) is 21.6 Å². The molecule has 28 heavy (non-hydrogen) atoms. The van der Waals surface area contributed by atoms with Crippen LogP contribution < -0.4 is 4.72 Å². The summed E-state index contributed by atoms with van der Waals surface area (Å²) in [5.74, 6) is -0.840. The van der Waals surface area contributed by atoms with Crippen molar-refractivity contribution in [1.29, 1.82) is 0 Å². The maximum Gasteiger partial charge on any atom is 0.285 e. The van der Waals surface area contributed by atoms with Crippen LogP contribution in [0.2, 0.25) is 5.02 Å². The molecule has 2 aromatic carbocycles. The average molecular weight is 421 g/mol. The van der Waals surface area contributed by atoms with E-state index in [9.17, 15) is 23.3 Å². The molecule has 0 aliphatic carbocycles. The number of carbonyl (C=O) groups excluding carboxylic acids is 1. The second-order valence-corrected chi connectivity index (χ2v) is 7.76. The maximum atomic E-state index is 12.4. The predicted octanol–water partition coefficient (Wildman–Crippen LogP) is 2.77. The number of aryl methyl sites for hydroxylation is 1. The molecule has 1 amide bonds. The molecule has 0 saturated carbocycles. The Hall–Kier alpha value is -3.24. The Bertz CT molecular complexity index is 1190. The van der Waals surface area contributed by atoms with E-state index in [1.54, 1.807) is 19.2 Å². The number of nitro benzene ring substituents is 1. The van der Waals surface area contributed by atoms with E-state index in [4.69, 9.17) is 11.6 Å². The van der Waals surface area contributed by atoms with E-state index in [1.165, 1.54) is 47.2 Å². The highest BCUT2D eigenvalue weighted by Gasteiger charge is 2.25. The standard InChI is InChI=1S/C17H13ClN4O5S/c1-21-10-13(19-16(21)11-6-2-4-8-14(11)22(24)25)17(23)20-28(26,27)15-9-5-3-7-12(15)18/h2-10H,1H3,(H,20,23). The van der Waals surface area contributed by atoms with Crippen molar-refractivity contribution in [2.75, 3.05) is 0 Å². The van der Waals surface area contributed by atoms with Crippen molar-refractivity contribution >= 4 is 33.2 Å². The monoisotopic (exact) mass is 420 g/mol. The Morgan fingerprint density at radius 2 is 1.82 bits per heavy atom. The molecule has 3 aromatic rings. The van der Waals surface area contributed by atoms with Crippen molar-refractivity contribution in [3.8, 4) is 11.4 Å². The zero-order valence-corrected chi connectivity index (χ0v) is 15.9. The van der Waals surface area contributed by atoms with Gasteiger partial charge < -0.3 is 4.57 Å². The van der Waals surface area contributed by atoms with Gasteiger partial charge in [0, 0.05) is 19.3 Å². The Labute approximate surface area is 164 Å². The third-order valence-electron chi connectivity index (χ3n) is 3.80. The lowest BCUT2D eigenvalue weighted by Crippen LogP contribution is -2.31. The summed E-state index contributed by atoms with van der Waals surface area (Å²) in [6.45, 7) is 0. The van der Waals surface area contributed by atoms with Gasteiger partial charge in [-0.05, 0) is 18.2 Å². The van der Waals surface area contributed by atoms with Crippen LogP contribution in [0.25, 0.3) is 11.4 Å². The number of sulfonamides is 1. The van der Waals surface area contributed by atoms with Gasteiger partial charge in [0.1, 0.15) is 16.4 Å². The minimum absolute atomic E-state index is 0.0376. The van der Waals surface area contributed by atoms with E-state index in [0.29, 0.717) is 0 Å². The fourth-order valence-corrected chi connectivity index (χ4v) is 4.02. The van der Waals surface area contributed by atoms with Gasteiger partial charge >= 0.3 is 0 Å². The zero-order valence-electron chi connectivity index (χ0n) is 14.4. The average Bonchev–Trinajstić information content (AvgIpc) is 3.03. The number of halogens is 1. The predicted molar refractivity (Wildman–Crippen MR) is 101 cm³/mol. The van der Waals surface area contributed by atoms with Gasteiger partial charge in [-0.1, -0.05) is 35.9 Å². The van der Waals surface area contributed by atoms with Crippen molar-refractivity contribution in [3.05, 3.63) is 75.6 Å². The smallest absolute Gasteiger partial charge is 0.285 e. The summed E-state index contributed by atoms with van der Waals surface area (Å²) >= 11 is 5.88. The molecule has 11 heteroatoms. The first-order valence-electron chi connectivity index (χ1n) is 7.79. The van der Waals surface area contributed by atoms with E-state index in [-0.39, 0.29) is 32.7 Å². The van der Waals surface area contributed by atoms with E-state index in [2.05, 4.69) is 4.98 Å². The zero-order chi connectivity index (χ0) is 20.5. The van der Waals surface area contributed by atoms with E-state index >= 15 is 0 Å². The van der Waals surface area contributed by atoms with E-state index < -0.39 is 20.9 Å². The number of imidazole rings is 1. The van der Waals surface area contributed by atoms with Crippen LogP contribution >= 0.6 is 11.6 Å². The first-order chi connectivity index (χ1) is 13.2. The van der Waals surface area contributed by atoms with Crippen molar-refractivity contribution < 1.29 is 18.1 Å². The quantitative estimate of drug-likeness (QED) is 0.499. The van der Waals surface area contributed by atoms with Crippen molar-refractivity contribution in [3.63, 3.8) is 0 Å². The summed E-state index contributed by atoms with van der Waals surface area (Å²) in [5, 5.41) is 11.2. The number of nitrogens with zero attached hydrogens (tertiary/aromatic N) is 3. The molecule has 1 heterocycles. The Morgan fingerprint density at radius 1 is 1.18 bits per heavy atom. The highest BCUT2D eigenvalue weighted by molar-refractivity contribution is 7.90. The van der Waals surface area contributed by atoms with Crippen LogP contribution in [0, 0.1) is 10.1 Å². The van der Waals surface area contributed by atoms with Gasteiger partial charge in [0.2, 0.25) is 0 Å². The molecule has 1 N–H and O–H groups in total. The summed E-state index contributed by atoms with van der Waals surface area (Å²) in [7, 11) is -2.68. The Morgan fingerprint density at radius 3 is 2.50 bits per heavy atom. The summed E-state index contributed by atoms with van der Waals surface area (Å²) < 4.78 is 28.1. The van der Waals surface area contributed by atoms with E-state index in [1.807, 2.05) is 4.72 Å². The Kier molecular flexibility index (Phi) is 5.16. The molecule has 0 unspecified atom stereocenters. The number of amides is 1. The summed E-state index contributed by atoms with van der Waals surface area (Å²) in [6.07, 6.45) is 1.28. The molecular weight excluding hydrogens is 408 g/mol. The van der Waals surface area contributed by atoms with Gasteiger partial charge in [-0.15, -0.1) is 0 Å². The lowest BCUT2D eigenvalue weighted by Gasteiger charge is -2.06. The lowest BCUT2D eigenvalue weighted by molar-refractivity contribution is -0.384. The molecule has 0 atom stereocenters. The first-order valence-corrected chi connectivity index (χ1v) is 9.65. The first kappa shape index (κ1) is 19.5. The molecule has 1 aromatic heterocycles. The fraction of sp³-hybridized carbons (Fsp3) is 0.0588. The Balaban J connectivity index is 1.95. The van der Waals surface area contributed by atoms with Crippen molar-refractivity contribution in [2.45, 2.75) is 4.90 Å². The van der Waals surface area contributed by atoms with Gasteiger partial charge in [-0.2, -0.15) is 0 Å². The summed E-state index contributed by atoms with van der Waals surface area (Å²) in [5.41, 5.74) is -0.207. The number of hydrogen-bond donors (Lipinski definition) is 1. The van der Waals surface area contributed by atoms with Gasteiger partial charge in [0.15, 0.2) is 0 Å². The van der Waals surface area contributed by atoms with Gasteiger partial charge in [-0.3, -0.25) is 14.9 Å². The highest BCUT2D eigenvalue weighted by Crippen LogP contribution is 2.28. The topological polar surface area (TPSA) is 124 Å². The normalized spacial score (nSPS) is 11.2. The molecule has 9 nitrogen and oxygen atoms in total. The van der Waals surface area contributed by atoms with Gasteiger partial charge in [0.05, 0.1) is 15.5 Å². The molecule has 0 bridgehead atoms. The van der Waals surface area contributed by atoms with Crippen molar-refractivity contribution in [1.82, 2.24) is 14.3 Å². The highest BCUT2D eigenvalue weighted by atomic mass is 35.5. The maximum absolute atomic E-state index is 12.4. The number of aromatic nitrogens is 2. The molecule has 0 radical (unpaired) electrons. The molecule has 0 saturated heterocycles. The lowest BCUT2D eigenvalue weighted by atomic mass is 10.1. The molecule has 0 aliphatic rings. The SMILES string of the molecule is Cn1cc(C(=O)NS(=O)(=O)c2ccccc2Cl)nc1-c1ccccc1[N+](=O)[O-]. The third-order valence-corrected chi connectivity index (χ3v) is 5.63. The molecule has 0 spiro atoms. The number of hydrogen-bond acceptors (Lipinski definition) is 6. The van der Waals surface area contributed by atoms with Crippen LogP contribution in [0.4, 0.5) is 5.69 Å². The van der Waals surface area contributed by atoms with Crippen LogP contribution in [0.1, 0.15) is 10.5 Å². The van der Waals surface area contributed by atoms with Crippen molar-refractivity contribution in [2.24, 2.45) is 7.05 Å². The largest absolute Gasteiger partial charge is 0.333 e. The van der Waals surface area contributed by atoms with Crippen LogP contribution in [0.15, 0.2) is 59.6 Å². The number of rotatable bonds is 5. The fourth-order valence-electron chi connectivity index (χ4n) is 2.54. The van der Waals surface area contributed by atoms with Gasteiger partial charge in [-0.25, -0.2) is 18.1 Å². The number of carbonyl (C=O) groups is 1. The van der Waals surface area contributed by atoms with Crippen LogP contribution in [0.3, 0.4) is 0 Å². The number of nitrogens with one attached hydrogen (secondary N) is 1. The number of para-hydroxylation sites is 1. The molecule has 0 aliphatic heterocycles. The number of benzene rings is 2. The van der Waals surface area contributed by atoms with Crippen LogP contribution in [-0.2, 0) is 17.1 Å². The minimum Gasteiger partial charge on any atom is -0.333 e.